The van der Waals surface area contributed by atoms with Crippen LogP contribution in [0.5, 0.6) is 0 Å². The van der Waals surface area contributed by atoms with Gasteiger partial charge in [-0.1, -0.05) is 91.0 Å². The number of para-hydroxylation sites is 1. The maximum Gasteiger partial charge on any atom is 0.186 e. The van der Waals surface area contributed by atoms with Crippen LogP contribution >= 0.6 is 0 Å². The number of anilines is 1. The third kappa shape index (κ3) is 2.62. The number of hydrogen-bond donors (Lipinski definition) is 0. The summed E-state index contributed by atoms with van der Waals surface area (Å²) in [5, 5.41) is 20.9. The van der Waals surface area contributed by atoms with Crippen molar-refractivity contribution >= 4 is 17.5 Å². The van der Waals surface area contributed by atoms with Gasteiger partial charge in [0.1, 0.15) is 6.04 Å². The predicted octanol–water partition coefficient (Wildman–Crippen LogP) is 4.97. The molecule has 0 amide bonds. The highest BCUT2D eigenvalue weighted by Crippen LogP contribution is 2.56. The summed E-state index contributed by atoms with van der Waals surface area (Å²) in [6, 6.07) is 29.9. The van der Waals surface area contributed by atoms with E-state index < -0.39 is 23.4 Å². The molecule has 1 fully saturated rings. The predicted molar refractivity (Wildman–Crippen MR) is 119 cm³/mol. The molecule has 148 valence electrons. The molecule has 2 heterocycles. The Balaban J connectivity index is 1.80. The third-order valence-corrected chi connectivity index (χ3v) is 6.43. The van der Waals surface area contributed by atoms with Crippen LogP contribution in [0.1, 0.15) is 27.4 Å². The number of nitriles is 2. The van der Waals surface area contributed by atoms with E-state index in [0.29, 0.717) is 5.56 Å². The molecule has 3 aromatic carbocycles. The number of fused-ring (bicyclic) bond motifs is 3. The lowest BCUT2D eigenvalue weighted by Crippen LogP contribution is -2.45. The zero-order chi connectivity index (χ0) is 21.4. The Labute approximate surface area is 181 Å². The Kier molecular flexibility index (Phi) is 4.42. The van der Waals surface area contributed by atoms with Crippen molar-refractivity contribution in [1.82, 2.24) is 0 Å². The summed E-state index contributed by atoms with van der Waals surface area (Å²) >= 11 is 0. The van der Waals surface area contributed by atoms with Crippen molar-refractivity contribution in [3.63, 3.8) is 0 Å². The summed E-state index contributed by atoms with van der Waals surface area (Å²) in [4.78, 5) is 16.0. The number of benzene rings is 3. The van der Waals surface area contributed by atoms with Crippen molar-refractivity contribution in [2.24, 2.45) is 5.41 Å². The molecule has 4 atom stereocenters. The van der Waals surface area contributed by atoms with E-state index in [1.807, 2.05) is 77.7 Å². The Hall–Kier alpha value is -4.15. The van der Waals surface area contributed by atoms with Gasteiger partial charge >= 0.3 is 0 Å². The fourth-order valence-corrected chi connectivity index (χ4v) is 5.12. The molecule has 0 aliphatic carbocycles. The molecular weight excluding hydrogens is 382 g/mol. The molecule has 3 aromatic rings. The molecule has 2 aliphatic rings. The van der Waals surface area contributed by atoms with E-state index in [9.17, 15) is 15.3 Å². The molecule has 0 radical (unpaired) electrons. The second-order valence-electron chi connectivity index (χ2n) is 7.91. The molecule has 1 saturated heterocycles. The summed E-state index contributed by atoms with van der Waals surface area (Å²) in [6.45, 7) is 0. The average molecular weight is 401 g/mol. The highest BCUT2D eigenvalue weighted by atomic mass is 16.1. The summed E-state index contributed by atoms with van der Waals surface area (Å²) in [5.74, 6) is -0.849. The number of ketones is 1. The summed E-state index contributed by atoms with van der Waals surface area (Å²) in [5.41, 5.74) is 1.72. The minimum absolute atomic E-state index is 0.249. The van der Waals surface area contributed by atoms with E-state index in [1.54, 1.807) is 24.3 Å². The monoisotopic (exact) mass is 401 g/mol. The average Bonchev–Trinajstić information content (AvgIpc) is 3.15. The van der Waals surface area contributed by atoms with E-state index in [2.05, 4.69) is 12.1 Å². The van der Waals surface area contributed by atoms with Crippen LogP contribution in [0.4, 0.5) is 5.69 Å². The second-order valence-corrected chi connectivity index (χ2v) is 7.91. The Morgan fingerprint density at radius 2 is 1.52 bits per heavy atom. The molecule has 4 heteroatoms. The van der Waals surface area contributed by atoms with Crippen molar-refractivity contribution in [1.29, 1.82) is 10.5 Å². The van der Waals surface area contributed by atoms with Crippen LogP contribution in [0, 0.1) is 28.1 Å². The standard InChI is InChI=1S/C27H19N3O/c28-17-23-25(20-10-3-1-4-11-20)27(18-29,26(31)21-12-5-2-6-13-21)24-16-15-19-9-7-8-14-22(19)30(23)24/h1-16,23-25H/t23-,24-,25-,27+/m0/s1. The van der Waals surface area contributed by atoms with Gasteiger partial charge in [-0.05, 0) is 17.2 Å². The molecule has 0 N–H and O–H groups in total. The van der Waals surface area contributed by atoms with Crippen molar-refractivity contribution in [3.05, 3.63) is 108 Å². The van der Waals surface area contributed by atoms with Gasteiger partial charge < -0.3 is 4.90 Å². The minimum Gasteiger partial charge on any atom is -0.346 e. The van der Waals surface area contributed by atoms with Gasteiger partial charge in [-0.2, -0.15) is 10.5 Å². The van der Waals surface area contributed by atoms with E-state index in [1.165, 1.54) is 0 Å². The summed E-state index contributed by atoms with van der Waals surface area (Å²) in [6.07, 6.45) is 3.88. The highest BCUT2D eigenvalue weighted by molar-refractivity contribution is 6.05. The number of nitrogens with zero attached hydrogens (tertiary/aromatic N) is 3. The number of carbonyl (C=O) groups is 1. The first-order valence-corrected chi connectivity index (χ1v) is 10.2. The third-order valence-electron chi connectivity index (χ3n) is 6.43. The molecule has 0 bridgehead atoms. The van der Waals surface area contributed by atoms with Crippen LogP contribution < -0.4 is 4.90 Å². The van der Waals surface area contributed by atoms with Crippen LogP contribution in [-0.4, -0.2) is 17.9 Å². The minimum atomic E-state index is -1.44. The number of carbonyl (C=O) groups excluding carboxylic acids is 1. The smallest absolute Gasteiger partial charge is 0.186 e. The lowest BCUT2D eigenvalue weighted by molar-refractivity contribution is 0.0842. The topological polar surface area (TPSA) is 67.9 Å². The number of rotatable bonds is 3. The van der Waals surface area contributed by atoms with E-state index in [0.717, 1.165) is 16.8 Å². The molecule has 2 aliphatic heterocycles. The zero-order valence-electron chi connectivity index (χ0n) is 16.7. The van der Waals surface area contributed by atoms with Gasteiger partial charge in [-0.15, -0.1) is 0 Å². The fourth-order valence-electron chi connectivity index (χ4n) is 5.12. The molecule has 0 unspecified atom stereocenters. The van der Waals surface area contributed by atoms with Crippen LogP contribution in [0.25, 0.3) is 6.08 Å². The van der Waals surface area contributed by atoms with Crippen LogP contribution in [0.2, 0.25) is 0 Å². The molecule has 4 nitrogen and oxygen atoms in total. The maximum absolute atomic E-state index is 14.0. The molecule has 0 saturated carbocycles. The van der Waals surface area contributed by atoms with Crippen molar-refractivity contribution in [2.75, 3.05) is 4.90 Å². The molecule has 0 spiro atoms. The first kappa shape index (κ1) is 18.9. The summed E-state index contributed by atoms with van der Waals surface area (Å²) < 4.78 is 0. The SMILES string of the molecule is N#C[C@H]1[C@H](c2ccccc2)[C@](C#N)(C(=O)c2ccccc2)[C@@H]2C=Cc3ccccc3N21. The molecule has 31 heavy (non-hydrogen) atoms. The van der Waals surface area contributed by atoms with Crippen LogP contribution in [-0.2, 0) is 0 Å². The normalized spacial score (nSPS) is 25.7. The number of Topliss-reactive ketones (excluding diaryl/α,β-unsaturated/α-hetero) is 1. The second kappa shape index (κ2) is 7.27. The van der Waals surface area contributed by atoms with Crippen molar-refractivity contribution in [2.45, 2.75) is 18.0 Å². The van der Waals surface area contributed by atoms with E-state index in [-0.39, 0.29) is 5.78 Å². The fraction of sp³-hybridized carbons (Fsp3) is 0.148. The maximum atomic E-state index is 14.0. The zero-order valence-corrected chi connectivity index (χ0v) is 16.7. The molecular formula is C27H19N3O. The molecule has 0 aromatic heterocycles. The van der Waals surface area contributed by atoms with Gasteiger partial charge in [0.25, 0.3) is 0 Å². The first-order valence-electron chi connectivity index (χ1n) is 10.2. The molecule has 5 rings (SSSR count). The van der Waals surface area contributed by atoms with Gasteiger partial charge in [-0.3, -0.25) is 4.79 Å². The van der Waals surface area contributed by atoms with E-state index >= 15 is 0 Å². The Morgan fingerprint density at radius 1 is 0.871 bits per heavy atom. The lowest BCUT2D eigenvalue weighted by atomic mass is 9.65. The van der Waals surface area contributed by atoms with Crippen LogP contribution in [0.15, 0.2) is 91.0 Å². The first-order chi connectivity index (χ1) is 15.2. The summed E-state index contributed by atoms with van der Waals surface area (Å²) in [7, 11) is 0. The largest absolute Gasteiger partial charge is 0.346 e. The van der Waals surface area contributed by atoms with Crippen molar-refractivity contribution < 1.29 is 4.79 Å². The van der Waals surface area contributed by atoms with Gasteiger partial charge in [0, 0.05) is 17.2 Å². The van der Waals surface area contributed by atoms with E-state index in [4.69, 9.17) is 0 Å². The van der Waals surface area contributed by atoms with Gasteiger partial charge in [0.15, 0.2) is 11.2 Å². The van der Waals surface area contributed by atoms with Gasteiger partial charge in [0.2, 0.25) is 0 Å². The Morgan fingerprint density at radius 3 is 2.19 bits per heavy atom. The lowest BCUT2D eigenvalue weighted by Gasteiger charge is -2.35. The van der Waals surface area contributed by atoms with Gasteiger partial charge in [0.05, 0.1) is 18.2 Å². The highest BCUT2D eigenvalue weighted by Gasteiger charge is 2.64. The number of hydrogen-bond acceptors (Lipinski definition) is 4. The van der Waals surface area contributed by atoms with Crippen LogP contribution in [0.3, 0.4) is 0 Å². The van der Waals surface area contributed by atoms with Crippen molar-refractivity contribution in [3.8, 4) is 12.1 Å². The van der Waals surface area contributed by atoms with Gasteiger partial charge in [-0.25, -0.2) is 0 Å². The quantitative estimate of drug-likeness (QED) is 0.581. The Bertz CT molecular complexity index is 1250.